The Bertz CT molecular complexity index is 1520. The number of halogens is 4. The second-order valence-corrected chi connectivity index (χ2v) is 10.1. The molecular weight excluding hydrogens is 519 g/mol. The summed E-state index contributed by atoms with van der Waals surface area (Å²) in [4.78, 5) is 19.9. The Kier molecular flexibility index (Phi) is 6.13. The standard InChI is InChI=1S/C28H21Cl2F2N3O2/c29-16-9-15(10-17(30)11-16)25-22(32)6-5-20-26(25)33-12-21(27(20)35-13-18(31)14-35)28(36)34-23-7-8-37-24-4-2-1-3-19(23)24/h1-6,9-12,18,23H,7-8,13-14H2,(H,34,36)/t23-/m0/s1. The van der Waals surface area contributed by atoms with Gasteiger partial charge < -0.3 is 15.0 Å². The van der Waals surface area contributed by atoms with Crippen LogP contribution in [0, 0.1) is 5.82 Å². The SMILES string of the molecule is O=C(N[C@H]1CCOc2ccccc21)c1cnc2c(-c3cc(Cl)cc(Cl)c3)c(F)ccc2c1N1CC(F)C1. The van der Waals surface area contributed by atoms with Gasteiger partial charge >= 0.3 is 0 Å². The fraction of sp³-hybridized carbons (Fsp3) is 0.214. The minimum absolute atomic E-state index is 0.134. The molecule has 0 aliphatic carbocycles. The summed E-state index contributed by atoms with van der Waals surface area (Å²) < 4.78 is 34.9. The van der Waals surface area contributed by atoms with Gasteiger partial charge in [0, 0.05) is 39.2 Å². The van der Waals surface area contributed by atoms with Crippen LogP contribution in [0.15, 0.2) is 60.8 Å². The van der Waals surface area contributed by atoms with Crippen molar-refractivity contribution in [1.29, 1.82) is 0 Å². The molecule has 0 saturated carbocycles. The van der Waals surface area contributed by atoms with Crippen molar-refractivity contribution < 1.29 is 18.3 Å². The van der Waals surface area contributed by atoms with E-state index in [-0.39, 0.29) is 30.6 Å². The fourth-order valence-electron chi connectivity index (χ4n) is 5.04. The summed E-state index contributed by atoms with van der Waals surface area (Å²) >= 11 is 12.4. The summed E-state index contributed by atoms with van der Waals surface area (Å²) in [5.74, 6) is -0.114. The van der Waals surface area contributed by atoms with E-state index in [4.69, 9.17) is 27.9 Å². The molecule has 6 rings (SSSR count). The van der Waals surface area contributed by atoms with Gasteiger partial charge in [-0.05, 0) is 42.0 Å². The van der Waals surface area contributed by atoms with Gasteiger partial charge in [-0.2, -0.15) is 0 Å². The van der Waals surface area contributed by atoms with Crippen LogP contribution in [0.2, 0.25) is 10.0 Å². The van der Waals surface area contributed by atoms with Gasteiger partial charge in [0.15, 0.2) is 0 Å². The first-order valence-corrected chi connectivity index (χ1v) is 12.6. The van der Waals surface area contributed by atoms with E-state index in [1.54, 1.807) is 29.2 Å². The maximum absolute atomic E-state index is 15.2. The lowest BCUT2D eigenvalue weighted by Crippen LogP contribution is -2.49. The smallest absolute Gasteiger partial charge is 0.255 e. The van der Waals surface area contributed by atoms with Crippen LogP contribution in [-0.2, 0) is 0 Å². The number of hydrogen-bond donors (Lipinski definition) is 1. The van der Waals surface area contributed by atoms with Gasteiger partial charge in [-0.25, -0.2) is 8.78 Å². The Balaban J connectivity index is 1.46. The molecule has 4 aromatic rings. The monoisotopic (exact) mass is 539 g/mol. The quantitative estimate of drug-likeness (QED) is 0.311. The van der Waals surface area contributed by atoms with Gasteiger partial charge in [0.2, 0.25) is 0 Å². The van der Waals surface area contributed by atoms with Gasteiger partial charge in [0.05, 0.1) is 42.5 Å². The number of aromatic nitrogens is 1. The summed E-state index contributed by atoms with van der Waals surface area (Å²) in [6.07, 6.45) is 1.03. The van der Waals surface area contributed by atoms with E-state index in [2.05, 4.69) is 10.3 Å². The van der Waals surface area contributed by atoms with Crippen molar-refractivity contribution in [3.8, 4) is 16.9 Å². The molecule has 1 N–H and O–H groups in total. The van der Waals surface area contributed by atoms with Crippen LogP contribution in [-0.4, -0.2) is 36.8 Å². The second-order valence-electron chi connectivity index (χ2n) is 9.20. The van der Waals surface area contributed by atoms with Crippen LogP contribution in [0.1, 0.15) is 28.4 Å². The third-order valence-corrected chi connectivity index (χ3v) is 7.21. The highest BCUT2D eigenvalue weighted by atomic mass is 35.5. The highest BCUT2D eigenvalue weighted by molar-refractivity contribution is 6.35. The molecule has 37 heavy (non-hydrogen) atoms. The van der Waals surface area contributed by atoms with E-state index in [1.807, 2.05) is 24.3 Å². The number of benzene rings is 3. The van der Waals surface area contributed by atoms with E-state index < -0.39 is 12.0 Å². The number of ether oxygens (including phenoxy) is 1. The van der Waals surface area contributed by atoms with Crippen LogP contribution in [0.3, 0.4) is 0 Å². The van der Waals surface area contributed by atoms with Crippen molar-refractivity contribution in [2.24, 2.45) is 0 Å². The first kappa shape index (κ1) is 23.9. The number of carbonyl (C=O) groups is 1. The van der Waals surface area contributed by atoms with E-state index in [0.29, 0.717) is 50.8 Å². The van der Waals surface area contributed by atoms with Crippen molar-refractivity contribution in [3.63, 3.8) is 0 Å². The summed E-state index contributed by atoms with van der Waals surface area (Å²) in [6.45, 7) is 0.746. The minimum Gasteiger partial charge on any atom is -0.493 e. The molecule has 3 aromatic carbocycles. The van der Waals surface area contributed by atoms with Crippen LogP contribution in [0.25, 0.3) is 22.0 Å². The van der Waals surface area contributed by atoms with Crippen LogP contribution >= 0.6 is 23.2 Å². The predicted octanol–water partition coefficient (Wildman–Crippen LogP) is 6.76. The lowest BCUT2D eigenvalue weighted by atomic mass is 9.96. The van der Waals surface area contributed by atoms with Crippen molar-refractivity contribution in [3.05, 3.63) is 87.8 Å². The van der Waals surface area contributed by atoms with Crippen molar-refractivity contribution in [2.75, 3.05) is 24.6 Å². The predicted molar refractivity (Wildman–Crippen MR) is 141 cm³/mol. The molecular formula is C28H21Cl2F2N3O2. The molecule has 188 valence electrons. The Morgan fingerprint density at radius 2 is 1.84 bits per heavy atom. The molecule has 2 aliphatic heterocycles. The molecule has 3 heterocycles. The topological polar surface area (TPSA) is 54.5 Å². The van der Waals surface area contributed by atoms with Crippen molar-refractivity contribution in [2.45, 2.75) is 18.6 Å². The van der Waals surface area contributed by atoms with Gasteiger partial charge in [-0.1, -0.05) is 41.4 Å². The average molecular weight is 540 g/mol. The zero-order valence-corrected chi connectivity index (χ0v) is 21.0. The summed E-state index contributed by atoms with van der Waals surface area (Å²) in [6, 6.07) is 15.0. The van der Waals surface area contributed by atoms with Gasteiger partial charge in [-0.3, -0.25) is 9.78 Å². The molecule has 0 radical (unpaired) electrons. The maximum atomic E-state index is 15.2. The summed E-state index contributed by atoms with van der Waals surface area (Å²) in [7, 11) is 0. The molecule has 9 heteroatoms. The van der Waals surface area contributed by atoms with E-state index in [9.17, 15) is 9.18 Å². The molecule has 0 unspecified atom stereocenters. The van der Waals surface area contributed by atoms with Gasteiger partial charge in [0.1, 0.15) is 17.7 Å². The third kappa shape index (κ3) is 4.36. The number of hydrogen-bond acceptors (Lipinski definition) is 4. The number of carbonyl (C=O) groups excluding carboxylic acids is 1. The number of amides is 1. The highest BCUT2D eigenvalue weighted by Crippen LogP contribution is 2.40. The molecule has 2 aliphatic rings. The number of pyridine rings is 1. The number of nitrogens with zero attached hydrogens (tertiary/aromatic N) is 2. The molecule has 1 aromatic heterocycles. The summed E-state index contributed by atoms with van der Waals surface area (Å²) in [5, 5.41) is 4.35. The number of para-hydroxylation sites is 1. The molecule has 1 atom stereocenters. The molecule has 5 nitrogen and oxygen atoms in total. The lowest BCUT2D eigenvalue weighted by Gasteiger charge is -2.38. The fourth-order valence-corrected chi connectivity index (χ4v) is 5.57. The largest absolute Gasteiger partial charge is 0.493 e. The second kappa shape index (κ2) is 9.47. The van der Waals surface area contributed by atoms with E-state index >= 15 is 4.39 Å². The first-order chi connectivity index (χ1) is 17.9. The molecule has 1 saturated heterocycles. The van der Waals surface area contributed by atoms with E-state index in [1.165, 1.54) is 12.3 Å². The zero-order valence-electron chi connectivity index (χ0n) is 19.5. The Hall–Kier alpha value is -3.42. The highest BCUT2D eigenvalue weighted by Gasteiger charge is 2.33. The maximum Gasteiger partial charge on any atom is 0.255 e. The lowest BCUT2D eigenvalue weighted by molar-refractivity contribution is 0.0924. The van der Waals surface area contributed by atoms with Crippen LogP contribution in [0.5, 0.6) is 5.75 Å². The summed E-state index contributed by atoms with van der Waals surface area (Å²) in [5.41, 5.74) is 2.72. The molecule has 0 spiro atoms. The number of nitrogens with one attached hydrogen (secondary N) is 1. The minimum atomic E-state index is -1.01. The van der Waals surface area contributed by atoms with Crippen molar-refractivity contribution >= 4 is 45.7 Å². The Morgan fingerprint density at radius 1 is 1.08 bits per heavy atom. The third-order valence-electron chi connectivity index (χ3n) is 6.77. The molecule has 1 amide bonds. The molecule has 0 bridgehead atoms. The number of fused-ring (bicyclic) bond motifs is 2. The van der Waals surface area contributed by atoms with Gasteiger partial charge in [-0.15, -0.1) is 0 Å². The number of rotatable bonds is 4. The van der Waals surface area contributed by atoms with Crippen LogP contribution < -0.4 is 15.0 Å². The Labute approximate surface area is 222 Å². The Morgan fingerprint density at radius 3 is 2.59 bits per heavy atom. The van der Waals surface area contributed by atoms with Gasteiger partial charge in [0.25, 0.3) is 5.91 Å². The van der Waals surface area contributed by atoms with Crippen LogP contribution in [0.4, 0.5) is 14.5 Å². The first-order valence-electron chi connectivity index (χ1n) is 11.9. The number of anilines is 1. The van der Waals surface area contributed by atoms with Crippen molar-refractivity contribution in [1.82, 2.24) is 10.3 Å². The molecule has 1 fully saturated rings. The zero-order chi connectivity index (χ0) is 25.7. The normalized spacial score (nSPS) is 17.2. The average Bonchev–Trinajstić information content (AvgIpc) is 2.85. The van der Waals surface area contributed by atoms with E-state index in [0.717, 1.165) is 11.3 Å². The number of alkyl halides is 1.